The summed E-state index contributed by atoms with van der Waals surface area (Å²) in [6.07, 6.45) is 4.25. The molecule has 0 spiro atoms. The normalized spacial score (nSPS) is 14.2. The van der Waals surface area contributed by atoms with Gasteiger partial charge in [-0.2, -0.15) is 0 Å². The van der Waals surface area contributed by atoms with Crippen molar-refractivity contribution in [3.63, 3.8) is 0 Å². The minimum absolute atomic E-state index is 0. The smallest absolute Gasteiger partial charge is 0.326 e. The van der Waals surface area contributed by atoms with Gasteiger partial charge in [-0.15, -0.1) is 24.2 Å². The van der Waals surface area contributed by atoms with Gasteiger partial charge < -0.3 is 15.3 Å². The molecule has 0 radical (unpaired) electrons. The number of carboxylic acids is 1. The Morgan fingerprint density at radius 1 is 1.00 bits per heavy atom. The number of nitrogens with zero attached hydrogens (tertiary/aromatic N) is 2. The number of anilines is 2. The van der Waals surface area contributed by atoms with Gasteiger partial charge in [0, 0.05) is 27.8 Å². The summed E-state index contributed by atoms with van der Waals surface area (Å²) in [6, 6.07) is 25.1. The van der Waals surface area contributed by atoms with Gasteiger partial charge in [0.2, 0.25) is 0 Å². The fourth-order valence-corrected chi connectivity index (χ4v) is 5.99. The first-order valence-corrected chi connectivity index (χ1v) is 15.0. The predicted octanol–water partition coefficient (Wildman–Crippen LogP) is 8.10. The number of thioether (sulfide) groups is 1. The van der Waals surface area contributed by atoms with E-state index in [-0.39, 0.29) is 18.4 Å². The zero-order chi connectivity index (χ0) is 28.5. The highest BCUT2D eigenvalue weighted by molar-refractivity contribution is 8.01. The first-order chi connectivity index (χ1) is 19.2. The molecule has 0 bridgehead atoms. The number of likely N-dealkylation sites (tertiary alicyclic amines) is 1. The second-order valence-electron chi connectivity index (χ2n) is 10.8. The third-order valence-corrected chi connectivity index (χ3v) is 8.75. The molecule has 2 N–H and O–H groups in total. The molecule has 1 aliphatic heterocycles. The lowest BCUT2D eigenvalue weighted by atomic mass is 9.90. The largest absolute Gasteiger partial charge is 0.480 e. The number of piperidine rings is 1. The third kappa shape index (κ3) is 9.96. The van der Waals surface area contributed by atoms with Crippen LogP contribution in [-0.2, 0) is 11.2 Å². The Kier molecular flexibility index (Phi) is 12.4. The first-order valence-electron chi connectivity index (χ1n) is 13.8. The number of aliphatic carboxylic acids is 1. The molecule has 4 rings (SSSR count). The number of rotatable bonds is 11. The van der Waals surface area contributed by atoms with Gasteiger partial charge in [-0.05, 0) is 119 Å². The Morgan fingerprint density at radius 3 is 2.24 bits per heavy atom. The van der Waals surface area contributed by atoms with Crippen molar-refractivity contribution in [3.05, 3.63) is 89.4 Å². The maximum Gasteiger partial charge on any atom is 0.326 e. The molecule has 6 nitrogen and oxygen atoms in total. The highest BCUT2D eigenvalue weighted by Crippen LogP contribution is 2.33. The summed E-state index contributed by atoms with van der Waals surface area (Å²) in [4.78, 5) is 29.9. The molecule has 1 saturated heterocycles. The van der Waals surface area contributed by atoms with Crippen LogP contribution in [0.5, 0.6) is 0 Å². The highest BCUT2D eigenvalue weighted by Gasteiger charge is 2.28. The minimum atomic E-state index is -0.840. The number of halogens is 2. The number of para-hydroxylation sites is 1. The number of carbonyl (C=O) groups excluding carboxylic acids is 1. The molecular weight excluding hydrogens is 577 g/mol. The van der Waals surface area contributed by atoms with E-state index in [0.717, 1.165) is 61.6 Å². The number of hydrogen-bond donors (Lipinski definition) is 2. The molecule has 9 heteroatoms. The van der Waals surface area contributed by atoms with Crippen molar-refractivity contribution in [1.82, 2.24) is 4.90 Å². The maximum atomic E-state index is 13.2. The van der Waals surface area contributed by atoms with E-state index in [2.05, 4.69) is 22.3 Å². The van der Waals surface area contributed by atoms with Crippen LogP contribution in [0.3, 0.4) is 0 Å². The Hall–Kier alpha value is -2.71. The van der Waals surface area contributed by atoms with Crippen molar-refractivity contribution < 1.29 is 14.7 Å². The SMILES string of the molecule is CC(C)(Sc1ccc(CC2CCN(CCCN(C(=O)Nc3ccc(Cl)cc3)c3ccccc3)CC2)cc1)C(=O)O.Cl. The summed E-state index contributed by atoms with van der Waals surface area (Å²) in [6.45, 7) is 7.18. The molecular formula is C32H39Cl2N3O3S. The van der Waals surface area contributed by atoms with Gasteiger partial charge in [0.1, 0.15) is 4.75 Å². The summed E-state index contributed by atoms with van der Waals surface area (Å²) >= 11 is 7.37. The Morgan fingerprint density at radius 2 is 1.63 bits per heavy atom. The van der Waals surface area contributed by atoms with Crippen LogP contribution in [-0.4, -0.2) is 52.9 Å². The molecule has 1 aliphatic rings. The van der Waals surface area contributed by atoms with Crippen LogP contribution < -0.4 is 10.2 Å². The highest BCUT2D eigenvalue weighted by atomic mass is 35.5. The summed E-state index contributed by atoms with van der Waals surface area (Å²) in [7, 11) is 0. The lowest BCUT2D eigenvalue weighted by Gasteiger charge is -2.32. The van der Waals surface area contributed by atoms with Crippen LogP contribution >= 0.6 is 35.8 Å². The molecule has 2 amide bonds. The van der Waals surface area contributed by atoms with Crippen LogP contribution in [0.4, 0.5) is 16.2 Å². The standard InChI is InChI=1S/C32H38ClN3O3S.ClH/c1-32(2,30(37)38)40-29-15-9-24(10-16-29)23-25-17-21-35(22-18-25)19-6-20-36(28-7-4-3-5-8-28)31(39)34-27-13-11-26(33)12-14-27;/h3-5,7-16,25H,6,17-23H2,1-2H3,(H,34,39)(H,37,38);1H. The molecule has 220 valence electrons. The van der Waals surface area contributed by atoms with Crippen LogP contribution in [0.2, 0.25) is 5.02 Å². The number of carbonyl (C=O) groups is 2. The monoisotopic (exact) mass is 615 g/mol. The Balaban J connectivity index is 0.00000462. The van der Waals surface area contributed by atoms with E-state index in [9.17, 15) is 14.7 Å². The lowest BCUT2D eigenvalue weighted by Crippen LogP contribution is -2.39. The van der Waals surface area contributed by atoms with E-state index < -0.39 is 10.7 Å². The molecule has 41 heavy (non-hydrogen) atoms. The second kappa shape index (κ2) is 15.5. The fourth-order valence-electron chi connectivity index (χ4n) is 4.91. The minimum Gasteiger partial charge on any atom is -0.480 e. The van der Waals surface area contributed by atoms with Gasteiger partial charge in [-0.25, -0.2) is 4.79 Å². The second-order valence-corrected chi connectivity index (χ2v) is 13.0. The van der Waals surface area contributed by atoms with Gasteiger partial charge in [-0.1, -0.05) is 41.9 Å². The van der Waals surface area contributed by atoms with Gasteiger partial charge in [-0.3, -0.25) is 9.69 Å². The van der Waals surface area contributed by atoms with E-state index in [1.807, 2.05) is 42.5 Å². The maximum absolute atomic E-state index is 13.2. The van der Waals surface area contributed by atoms with Crippen molar-refractivity contribution in [2.75, 3.05) is 36.4 Å². The van der Waals surface area contributed by atoms with E-state index >= 15 is 0 Å². The summed E-state index contributed by atoms with van der Waals surface area (Å²) in [5, 5.41) is 13.0. The quantitative estimate of drug-likeness (QED) is 0.213. The number of nitrogens with one attached hydrogen (secondary N) is 1. The molecule has 0 unspecified atom stereocenters. The topological polar surface area (TPSA) is 72.9 Å². The van der Waals surface area contributed by atoms with Crippen molar-refractivity contribution in [1.29, 1.82) is 0 Å². The first kappa shape index (κ1) is 32.8. The molecule has 0 atom stereocenters. The number of urea groups is 1. The zero-order valence-electron chi connectivity index (χ0n) is 23.6. The molecule has 3 aromatic rings. The van der Waals surface area contributed by atoms with Crippen molar-refractivity contribution in [3.8, 4) is 0 Å². The van der Waals surface area contributed by atoms with Gasteiger partial charge in [0.25, 0.3) is 0 Å². The van der Waals surface area contributed by atoms with Crippen LogP contribution in [0.1, 0.15) is 38.7 Å². The molecule has 0 saturated carbocycles. The Bertz CT molecular complexity index is 1250. The molecule has 1 heterocycles. The Labute approximate surface area is 258 Å². The van der Waals surface area contributed by atoms with Crippen molar-refractivity contribution in [2.24, 2.45) is 5.92 Å². The van der Waals surface area contributed by atoms with Crippen molar-refractivity contribution in [2.45, 2.75) is 49.2 Å². The van der Waals surface area contributed by atoms with Gasteiger partial charge >= 0.3 is 12.0 Å². The van der Waals surface area contributed by atoms with Crippen molar-refractivity contribution >= 4 is 59.1 Å². The number of carboxylic acid groups (broad SMARTS) is 1. The summed E-state index contributed by atoms with van der Waals surface area (Å²) in [5.41, 5.74) is 2.90. The molecule has 0 aliphatic carbocycles. The fraction of sp³-hybridized carbons (Fsp3) is 0.375. The zero-order valence-corrected chi connectivity index (χ0v) is 26.0. The van der Waals surface area contributed by atoms with Crippen LogP contribution in [0.15, 0.2) is 83.8 Å². The average Bonchev–Trinajstić information content (AvgIpc) is 2.94. The van der Waals surface area contributed by atoms with E-state index in [1.165, 1.54) is 17.3 Å². The molecule has 1 fully saturated rings. The third-order valence-electron chi connectivity index (χ3n) is 7.31. The summed E-state index contributed by atoms with van der Waals surface area (Å²) < 4.78 is -0.840. The molecule has 0 aromatic heterocycles. The predicted molar refractivity (Wildman–Crippen MR) is 173 cm³/mol. The lowest BCUT2D eigenvalue weighted by molar-refractivity contribution is -0.138. The molecule has 3 aromatic carbocycles. The summed E-state index contributed by atoms with van der Waals surface area (Å²) in [5.74, 6) is -0.154. The van der Waals surface area contributed by atoms with Crippen LogP contribution in [0, 0.1) is 5.92 Å². The average molecular weight is 617 g/mol. The number of benzene rings is 3. The number of hydrogen-bond acceptors (Lipinski definition) is 4. The van der Waals surface area contributed by atoms with Crippen LogP contribution in [0.25, 0.3) is 0 Å². The van der Waals surface area contributed by atoms with E-state index in [4.69, 9.17) is 11.6 Å². The van der Waals surface area contributed by atoms with Gasteiger partial charge in [0.15, 0.2) is 0 Å². The number of amides is 2. The van der Waals surface area contributed by atoms with Gasteiger partial charge in [0.05, 0.1) is 0 Å². The van der Waals surface area contributed by atoms with E-state index in [0.29, 0.717) is 17.5 Å². The van der Waals surface area contributed by atoms with E-state index in [1.54, 1.807) is 43.0 Å².